The SMILES string of the molecule is COc1cc(CCC(=O)CC(=O)C2C(CNc3ccc[nH]3)=Cc3[nH]ccc3C2CC2C=Cc3c(O)cccc3CC2)ccc1O. The zero-order valence-electron chi connectivity index (χ0n) is 25.4. The first-order valence-electron chi connectivity index (χ1n) is 15.5. The molecule has 0 saturated carbocycles. The third-order valence-electron chi connectivity index (χ3n) is 9.13. The van der Waals surface area contributed by atoms with Gasteiger partial charge in [-0.05, 0) is 96.3 Å². The Hall–Kier alpha value is -4.98. The molecule has 8 heteroatoms. The summed E-state index contributed by atoms with van der Waals surface area (Å²) in [6.45, 7) is 0.465. The van der Waals surface area contributed by atoms with Gasteiger partial charge in [-0.1, -0.05) is 30.4 Å². The number of carbonyl (C=O) groups excluding carboxylic acids is 2. The number of aromatic nitrogens is 2. The molecule has 2 aromatic heterocycles. The van der Waals surface area contributed by atoms with Crippen LogP contribution in [0, 0.1) is 11.8 Å². The fourth-order valence-electron chi connectivity index (χ4n) is 6.80. The van der Waals surface area contributed by atoms with E-state index in [-0.39, 0.29) is 47.7 Å². The van der Waals surface area contributed by atoms with Crippen LogP contribution in [0.25, 0.3) is 12.2 Å². The lowest BCUT2D eigenvalue weighted by molar-refractivity contribution is -0.129. The molecule has 5 N–H and O–H groups in total. The molecule has 4 aromatic rings. The molecule has 0 bridgehead atoms. The summed E-state index contributed by atoms with van der Waals surface area (Å²) in [5.74, 6) is 0.999. The topological polar surface area (TPSA) is 127 Å². The molecule has 0 fully saturated rings. The maximum absolute atomic E-state index is 14.2. The molecule has 0 aliphatic heterocycles. The van der Waals surface area contributed by atoms with Gasteiger partial charge >= 0.3 is 0 Å². The minimum absolute atomic E-state index is 0.0479. The highest BCUT2D eigenvalue weighted by atomic mass is 16.5. The second-order valence-corrected chi connectivity index (χ2v) is 12.0. The standard InChI is InChI=1S/C37H39N3O5/c1-45-35-19-24(10-14-33(35)43)8-12-27(41)21-34(44)37-26(22-40-36-6-3-16-39-36)20-31-29(15-17-38-31)30(37)18-23-7-11-25-4-2-5-32(42)28(25)13-9-23/h2-6,9-10,13-17,19-20,23,30,37-40,42-43H,7-8,11-12,18,21-22H2,1H3. The van der Waals surface area contributed by atoms with E-state index < -0.39 is 5.92 Å². The number of allylic oxidation sites excluding steroid dienone is 1. The number of aryl methyl sites for hydroxylation is 2. The molecule has 2 aliphatic rings. The lowest BCUT2D eigenvalue weighted by Gasteiger charge is -2.34. The Morgan fingerprint density at radius 2 is 1.91 bits per heavy atom. The Morgan fingerprint density at radius 3 is 2.73 bits per heavy atom. The number of phenols is 2. The van der Waals surface area contributed by atoms with Crippen LogP contribution in [0.1, 0.15) is 59.5 Å². The molecule has 0 spiro atoms. The molecule has 2 aliphatic carbocycles. The van der Waals surface area contributed by atoms with Crippen LogP contribution < -0.4 is 10.1 Å². The average molecular weight is 606 g/mol. The first-order valence-corrected chi connectivity index (χ1v) is 15.5. The van der Waals surface area contributed by atoms with Crippen LogP contribution in [-0.4, -0.2) is 45.4 Å². The number of phenolic OH excluding ortho intramolecular Hbond substituents is 2. The summed E-state index contributed by atoms with van der Waals surface area (Å²) in [6, 6.07) is 16.6. The molecule has 0 radical (unpaired) electrons. The first kappa shape index (κ1) is 30.1. The molecule has 3 unspecified atom stereocenters. The van der Waals surface area contributed by atoms with Crippen LogP contribution in [0.3, 0.4) is 0 Å². The number of hydrogen-bond donors (Lipinski definition) is 5. The van der Waals surface area contributed by atoms with Gasteiger partial charge in [0.05, 0.1) is 13.5 Å². The number of ether oxygens (including phenoxy) is 1. The normalized spacial score (nSPS) is 18.8. The number of anilines is 1. The summed E-state index contributed by atoms with van der Waals surface area (Å²) in [6.07, 6.45) is 13.0. The van der Waals surface area contributed by atoms with Crippen LogP contribution in [0.15, 0.2) is 78.6 Å². The van der Waals surface area contributed by atoms with Gasteiger partial charge in [0.15, 0.2) is 11.5 Å². The lowest BCUT2D eigenvalue weighted by atomic mass is 9.69. The lowest BCUT2D eigenvalue weighted by Crippen LogP contribution is -2.32. The predicted molar refractivity (Wildman–Crippen MR) is 175 cm³/mol. The molecular formula is C37H39N3O5. The van der Waals surface area contributed by atoms with Crippen molar-refractivity contribution in [1.29, 1.82) is 0 Å². The minimum atomic E-state index is -0.457. The largest absolute Gasteiger partial charge is 0.507 e. The van der Waals surface area contributed by atoms with Crippen LogP contribution in [0.4, 0.5) is 5.82 Å². The predicted octanol–water partition coefficient (Wildman–Crippen LogP) is 6.80. The third kappa shape index (κ3) is 6.75. The van der Waals surface area contributed by atoms with Gasteiger partial charge in [0.2, 0.25) is 0 Å². The molecule has 3 atom stereocenters. The van der Waals surface area contributed by atoms with E-state index >= 15 is 0 Å². The quantitative estimate of drug-likeness (QED) is 0.113. The highest BCUT2D eigenvalue weighted by Crippen LogP contribution is 2.44. The molecular weight excluding hydrogens is 566 g/mol. The number of Topliss-reactive ketones (excluding diaryl/α,β-unsaturated/α-hetero) is 2. The Morgan fingerprint density at radius 1 is 1.02 bits per heavy atom. The Kier molecular flexibility index (Phi) is 8.91. The number of ketones is 2. The fourth-order valence-corrected chi connectivity index (χ4v) is 6.80. The zero-order chi connectivity index (χ0) is 31.3. The smallest absolute Gasteiger partial charge is 0.160 e. The summed E-state index contributed by atoms with van der Waals surface area (Å²) in [5.41, 5.74) is 5.90. The number of methoxy groups -OCH3 is 1. The highest BCUT2D eigenvalue weighted by molar-refractivity contribution is 6.02. The highest BCUT2D eigenvalue weighted by Gasteiger charge is 2.38. The second-order valence-electron chi connectivity index (χ2n) is 12.0. The summed E-state index contributed by atoms with van der Waals surface area (Å²) in [7, 11) is 1.49. The molecule has 0 amide bonds. The molecule has 6 rings (SSSR count). The zero-order valence-corrected chi connectivity index (χ0v) is 25.4. The van der Waals surface area contributed by atoms with Crippen LogP contribution >= 0.6 is 0 Å². The van der Waals surface area contributed by atoms with E-state index in [9.17, 15) is 19.8 Å². The van der Waals surface area contributed by atoms with Crippen molar-refractivity contribution in [3.8, 4) is 17.2 Å². The van der Waals surface area contributed by atoms with E-state index in [2.05, 4.69) is 39.6 Å². The Bertz CT molecular complexity index is 1730. The van der Waals surface area contributed by atoms with E-state index in [1.165, 1.54) is 7.11 Å². The van der Waals surface area contributed by atoms with Gasteiger partial charge in [0.25, 0.3) is 0 Å². The minimum Gasteiger partial charge on any atom is -0.507 e. The molecule has 45 heavy (non-hydrogen) atoms. The maximum Gasteiger partial charge on any atom is 0.160 e. The van der Waals surface area contributed by atoms with E-state index in [1.807, 2.05) is 36.7 Å². The number of rotatable bonds is 12. The van der Waals surface area contributed by atoms with Gasteiger partial charge in [0, 0.05) is 48.5 Å². The van der Waals surface area contributed by atoms with E-state index in [1.54, 1.807) is 24.3 Å². The average Bonchev–Trinajstić information content (AvgIpc) is 3.69. The Labute approximate surface area is 262 Å². The number of hydrogen-bond acceptors (Lipinski definition) is 6. The number of aromatic amines is 2. The van der Waals surface area contributed by atoms with Crippen molar-refractivity contribution in [2.75, 3.05) is 19.0 Å². The Balaban J connectivity index is 1.23. The summed E-state index contributed by atoms with van der Waals surface area (Å²) >= 11 is 0. The number of H-pyrrole nitrogens is 2. The van der Waals surface area contributed by atoms with Crippen molar-refractivity contribution in [2.24, 2.45) is 11.8 Å². The number of carbonyl (C=O) groups is 2. The van der Waals surface area contributed by atoms with E-state index in [4.69, 9.17) is 4.74 Å². The fraction of sp³-hybridized carbons (Fsp3) is 0.297. The van der Waals surface area contributed by atoms with Crippen molar-refractivity contribution >= 4 is 29.5 Å². The van der Waals surface area contributed by atoms with E-state index in [0.717, 1.165) is 58.6 Å². The monoisotopic (exact) mass is 605 g/mol. The molecule has 8 nitrogen and oxygen atoms in total. The van der Waals surface area contributed by atoms with Crippen LogP contribution in [0.5, 0.6) is 17.2 Å². The first-order chi connectivity index (χ1) is 21.9. The molecule has 0 saturated heterocycles. The second kappa shape index (κ2) is 13.3. The summed E-state index contributed by atoms with van der Waals surface area (Å²) < 4.78 is 5.20. The molecule has 2 aromatic carbocycles. The van der Waals surface area contributed by atoms with E-state index in [0.29, 0.717) is 18.7 Å². The number of benzene rings is 2. The van der Waals surface area contributed by atoms with Gasteiger partial charge in [0.1, 0.15) is 23.1 Å². The van der Waals surface area contributed by atoms with Crippen LogP contribution in [0.2, 0.25) is 0 Å². The van der Waals surface area contributed by atoms with Crippen molar-refractivity contribution < 1.29 is 24.5 Å². The van der Waals surface area contributed by atoms with Gasteiger partial charge in [-0.2, -0.15) is 0 Å². The van der Waals surface area contributed by atoms with Gasteiger partial charge in [-0.3, -0.25) is 9.59 Å². The van der Waals surface area contributed by atoms with Crippen molar-refractivity contribution in [3.05, 3.63) is 107 Å². The number of nitrogens with one attached hydrogen (secondary N) is 3. The third-order valence-corrected chi connectivity index (χ3v) is 9.13. The molecule has 2 heterocycles. The summed E-state index contributed by atoms with van der Waals surface area (Å²) in [5, 5.41) is 23.8. The van der Waals surface area contributed by atoms with Crippen molar-refractivity contribution in [3.63, 3.8) is 0 Å². The van der Waals surface area contributed by atoms with Gasteiger partial charge < -0.3 is 30.2 Å². The van der Waals surface area contributed by atoms with Crippen molar-refractivity contribution in [2.45, 2.75) is 44.4 Å². The van der Waals surface area contributed by atoms with Gasteiger partial charge in [-0.15, -0.1) is 0 Å². The van der Waals surface area contributed by atoms with Crippen LogP contribution in [-0.2, 0) is 22.4 Å². The summed E-state index contributed by atoms with van der Waals surface area (Å²) in [4.78, 5) is 34.0. The number of aromatic hydroxyl groups is 2. The number of fused-ring (bicyclic) bond motifs is 2. The van der Waals surface area contributed by atoms with Gasteiger partial charge in [-0.25, -0.2) is 0 Å². The molecule has 232 valence electrons. The maximum atomic E-state index is 14.2. The van der Waals surface area contributed by atoms with Crippen molar-refractivity contribution in [1.82, 2.24) is 9.97 Å².